The maximum absolute atomic E-state index is 12.1. The molecule has 2 N–H and O–H groups in total. The fraction of sp³-hybridized carbons (Fsp3) is 0.312. The van der Waals surface area contributed by atoms with E-state index in [9.17, 15) is 19.7 Å². The van der Waals surface area contributed by atoms with E-state index in [1.807, 2.05) is 6.92 Å². The number of hydrogen-bond donors (Lipinski definition) is 2. The number of carbonyl (C=O) groups is 1. The van der Waals surface area contributed by atoms with Gasteiger partial charge in [0.2, 0.25) is 5.91 Å². The number of H-pyrrole nitrogens is 1. The molecule has 0 atom stereocenters. The summed E-state index contributed by atoms with van der Waals surface area (Å²) in [7, 11) is 0. The molecule has 0 aliphatic heterocycles. The Morgan fingerprint density at radius 3 is 2.88 bits per heavy atom. The molecule has 0 aliphatic rings. The molecule has 0 fully saturated rings. The number of nitro benzene ring substituents is 1. The van der Waals surface area contributed by atoms with Crippen molar-refractivity contribution in [2.24, 2.45) is 0 Å². The van der Waals surface area contributed by atoms with Crippen molar-refractivity contribution in [3.05, 3.63) is 56.0 Å². The van der Waals surface area contributed by atoms with Crippen LogP contribution in [0.25, 0.3) is 0 Å². The van der Waals surface area contributed by atoms with Gasteiger partial charge in [0.1, 0.15) is 0 Å². The molecule has 1 amide bonds. The van der Waals surface area contributed by atoms with Crippen molar-refractivity contribution in [1.82, 2.24) is 9.97 Å². The van der Waals surface area contributed by atoms with Crippen molar-refractivity contribution in [1.29, 1.82) is 0 Å². The third kappa shape index (κ3) is 5.15. The molecule has 132 valence electrons. The average Bonchev–Trinajstić information content (AvgIpc) is 2.54. The van der Waals surface area contributed by atoms with Gasteiger partial charge in [-0.1, -0.05) is 31.2 Å². The molecule has 2 aromatic rings. The monoisotopic (exact) mass is 362 g/mol. The first-order chi connectivity index (χ1) is 11.9. The molecule has 0 spiro atoms. The Labute approximate surface area is 148 Å². The quantitative estimate of drug-likeness (QED) is 0.338. The maximum Gasteiger partial charge on any atom is 0.274 e. The van der Waals surface area contributed by atoms with Crippen LogP contribution in [0.1, 0.15) is 24.6 Å². The van der Waals surface area contributed by atoms with Crippen LogP contribution in [0.4, 0.5) is 11.4 Å². The van der Waals surface area contributed by atoms with Crippen LogP contribution in [0.2, 0.25) is 0 Å². The van der Waals surface area contributed by atoms with E-state index in [1.54, 1.807) is 13.0 Å². The summed E-state index contributed by atoms with van der Waals surface area (Å²) in [6, 6.07) is 5.95. The second-order valence-corrected chi connectivity index (χ2v) is 6.30. The number of hydrogen-bond acceptors (Lipinski definition) is 6. The van der Waals surface area contributed by atoms with Crippen LogP contribution in [0.3, 0.4) is 0 Å². The topological polar surface area (TPSA) is 118 Å². The first kappa shape index (κ1) is 18.7. The third-order valence-corrected chi connectivity index (χ3v) is 4.27. The predicted molar refractivity (Wildman–Crippen MR) is 96.0 cm³/mol. The van der Waals surface area contributed by atoms with Gasteiger partial charge in [-0.25, -0.2) is 4.98 Å². The van der Waals surface area contributed by atoms with Gasteiger partial charge in [0, 0.05) is 17.8 Å². The number of amides is 1. The highest BCUT2D eigenvalue weighted by molar-refractivity contribution is 7.99. The van der Waals surface area contributed by atoms with Crippen molar-refractivity contribution in [3.63, 3.8) is 0 Å². The Morgan fingerprint density at radius 2 is 2.20 bits per heavy atom. The van der Waals surface area contributed by atoms with Gasteiger partial charge in [-0.2, -0.15) is 0 Å². The fourth-order valence-electron chi connectivity index (χ4n) is 2.21. The van der Waals surface area contributed by atoms with Crippen LogP contribution in [0.15, 0.2) is 34.2 Å². The summed E-state index contributed by atoms with van der Waals surface area (Å²) in [4.78, 5) is 41.0. The van der Waals surface area contributed by atoms with Crippen LogP contribution in [-0.4, -0.2) is 26.6 Å². The number of aromatic amines is 1. The lowest BCUT2D eigenvalue weighted by Gasteiger charge is -2.08. The van der Waals surface area contributed by atoms with Crippen LogP contribution in [0.5, 0.6) is 0 Å². The van der Waals surface area contributed by atoms with E-state index >= 15 is 0 Å². The van der Waals surface area contributed by atoms with E-state index in [-0.39, 0.29) is 22.9 Å². The highest BCUT2D eigenvalue weighted by Gasteiger charge is 2.15. The van der Waals surface area contributed by atoms with Gasteiger partial charge >= 0.3 is 0 Å². The second kappa shape index (κ2) is 8.43. The van der Waals surface area contributed by atoms with Crippen LogP contribution < -0.4 is 10.9 Å². The summed E-state index contributed by atoms with van der Waals surface area (Å²) in [5, 5.41) is 14.0. The van der Waals surface area contributed by atoms with Crippen LogP contribution in [-0.2, 0) is 11.2 Å². The molecule has 1 aromatic heterocycles. The van der Waals surface area contributed by atoms with Crippen molar-refractivity contribution >= 4 is 29.0 Å². The van der Waals surface area contributed by atoms with Crippen molar-refractivity contribution in [2.45, 2.75) is 31.8 Å². The molecule has 0 bridgehead atoms. The van der Waals surface area contributed by atoms with Gasteiger partial charge in [-0.05, 0) is 19.4 Å². The third-order valence-electron chi connectivity index (χ3n) is 3.40. The van der Waals surface area contributed by atoms with Gasteiger partial charge in [-0.3, -0.25) is 19.7 Å². The Bertz CT molecular complexity index is 850. The largest absolute Gasteiger partial charge is 0.325 e. The summed E-state index contributed by atoms with van der Waals surface area (Å²) >= 11 is 1.11. The van der Waals surface area contributed by atoms with Crippen LogP contribution >= 0.6 is 11.8 Å². The predicted octanol–water partition coefficient (Wildman–Crippen LogP) is 2.67. The molecular weight excluding hydrogens is 344 g/mol. The summed E-state index contributed by atoms with van der Waals surface area (Å²) in [6.07, 6.45) is 1.56. The smallest absolute Gasteiger partial charge is 0.274 e. The lowest BCUT2D eigenvalue weighted by Crippen LogP contribution is -2.16. The highest BCUT2D eigenvalue weighted by Crippen LogP contribution is 2.25. The molecule has 1 heterocycles. The summed E-state index contributed by atoms with van der Waals surface area (Å²) in [5.74, 6) is -0.308. The van der Waals surface area contributed by atoms with Gasteiger partial charge in [0.15, 0.2) is 5.16 Å². The SMILES string of the molecule is CCCc1cc(=O)[nH]c(SCC(=O)Nc2cccc([N+](=O)[O-])c2C)n1. The van der Waals surface area contributed by atoms with Gasteiger partial charge in [-0.15, -0.1) is 0 Å². The van der Waals surface area contributed by atoms with Crippen LogP contribution in [0, 0.1) is 17.0 Å². The molecule has 9 heteroatoms. The molecule has 1 aromatic carbocycles. The summed E-state index contributed by atoms with van der Waals surface area (Å²) in [5.41, 5.74) is 1.16. The van der Waals surface area contributed by atoms with Gasteiger partial charge in [0.25, 0.3) is 11.2 Å². The number of carbonyl (C=O) groups excluding carboxylic acids is 1. The normalized spacial score (nSPS) is 10.5. The van der Waals surface area contributed by atoms with Gasteiger partial charge in [0.05, 0.1) is 21.9 Å². The molecule has 0 saturated heterocycles. The Balaban J connectivity index is 2.03. The van der Waals surface area contributed by atoms with Crippen molar-refractivity contribution < 1.29 is 9.72 Å². The molecule has 0 saturated carbocycles. The number of anilines is 1. The van der Waals surface area contributed by atoms with E-state index in [1.165, 1.54) is 18.2 Å². The van der Waals surface area contributed by atoms with E-state index in [0.717, 1.165) is 18.2 Å². The Hall–Kier alpha value is -2.68. The second-order valence-electron chi connectivity index (χ2n) is 5.34. The lowest BCUT2D eigenvalue weighted by molar-refractivity contribution is -0.385. The number of benzene rings is 1. The molecule has 0 radical (unpaired) electrons. The first-order valence-corrected chi connectivity index (χ1v) is 8.66. The van der Waals surface area contributed by atoms with Crippen molar-refractivity contribution in [3.8, 4) is 0 Å². The number of rotatable bonds is 7. The molecule has 25 heavy (non-hydrogen) atoms. The molecule has 0 unspecified atom stereocenters. The average molecular weight is 362 g/mol. The number of aromatic nitrogens is 2. The van der Waals surface area contributed by atoms with E-state index in [2.05, 4.69) is 15.3 Å². The van der Waals surface area contributed by atoms with Gasteiger partial charge < -0.3 is 10.3 Å². The number of aryl methyl sites for hydroxylation is 1. The standard InChI is InChI=1S/C16H18N4O4S/c1-3-5-11-8-14(21)19-16(17-11)25-9-15(22)18-12-6-4-7-13(10(12)2)20(23)24/h4,6-8H,3,5,9H2,1-2H3,(H,18,22)(H,17,19,21). The minimum atomic E-state index is -0.492. The molecule has 2 rings (SSSR count). The first-order valence-electron chi connectivity index (χ1n) is 7.67. The Kier molecular flexibility index (Phi) is 6.29. The fourth-order valence-corrected chi connectivity index (χ4v) is 2.91. The highest BCUT2D eigenvalue weighted by atomic mass is 32.2. The number of thioether (sulfide) groups is 1. The number of nitrogens with one attached hydrogen (secondary N) is 2. The van der Waals surface area contributed by atoms with Crippen molar-refractivity contribution in [2.75, 3.05) is 11.1 Å². The number of nitrogens with zero attached hydrogens (tertiary/aromatic N) is 2. The zero-order valence-corrected chi connectivity index (χ0v) is 14.7. The van der Waals surface area contributed by atoms with E-state index < -0.39 is 4.92 Å². The molecule has 0 aliphatic carbocycles. The minimum absolute atomic E-state index is 0.0284. The zero-order chi connectivity index (χ0) is 18.4. The van der Waals surface area contributed by atoms with E-state index in [0.29, 0.717) is 28.5 Å². The maximum atomic E-state index is 12.1. The molecule has 8 nitrogen and oxygen atoms in total. The molecular formula is C16H18N4O4S. The van der Waals surface area contributed by atoms with E-state index in [4.69, 9.17) is 0 Å². The zero-order valence-electron chi connectivity index (χ0n) is 13.9. The Morgan fingerprint density at radius 1 is 1.44 bits per heavy atom. The summed E-state index contributed by atoms with van der Waals surface area (Å²) < 4.78 is 0. The lowest BCUT2D eigenvalue weighted by atomic mass is 10.1. The number of nitro groups is 1. The minimum Gasteiger partial charge on any atom is -0.325 e. The summed E-state index contributed by atoms with van der Waals surface area (Å²) in [6.45, 7) is 3.57.